The Bertz CT molecular complexity index is 404. The molecule has 0 spiro atoms. The molecule has 0 aromatic carbocycles. The lowest BCUT2D eigenvalue weighted by Gasteiger charge is -2.23. The molecule has 1 heterocycles. The highest BCUT2D eigenvalue weighted by Gasteiger charge is 2.22. The van der Waals surface area contributed by atoms with Crippen LogP contribution >= 0.6 is 0 Å². The molecule has 1 N–H and O–H groups in total. The Morgan fingerprint density at radius 1 is 1.35 bits per heavy atom. The van der Waals surface area contributed by atoms with Crippen LogP contribution in [0.4, 0.5) is 0 Å². The van der Waals surface area contributed by atoms with Gasteiger partial charge in [-0.25, -0.2) is 0 Å². The molecule has 0 bridgehead atoms. The Kier molecular flexibility index (Phi) is 6.21. The number of nitrogens with zero attached hydrogens (tertiary/aromatic N) is 2. The van der Waals surface area contributed by atoms with E-state index in [0.717, 1.165) is 19.8 Å². The predicted molar refractivity (Wildman–Crippen MR) is 83.9 cm³/mol. The Labute approximate surface area is 123 Å². The summed E-state index contributed by atoms with van der Waals surface area (Å²) in [4.78, 5) is 0. The van der Waals surface area contributed by atoms with Crippen LogP contribution in [-0.4, -0.2) is 29.0 Å². The highest BCUT2D eigenvalue weighted by molar-refractivity contribution is 5.23. The molecule has 0 aliphatic rings. The van der Waals surface area contributed by atoms with Crippen molar-refractivity contribution < 1.29 is 4.74 Å². The van der Waals surface area contributed by atoms with Gasteiger partial charge >= 0.3 is 0 Å². The van der Waals surface area contributed by atoms with E-state index in [1.165, 1.54) is 11.3 Å². The van der Waals surface area contributed by atoms with Crippen molar-refractivity contribution in [3.8, 4) is 0 Å². The predicted octanol–water partition coefficient (Wildman–Crippen LogP) is 2.87. The molecule has 0 aliphatic carbocycles. The first-order valence-corrected chi connectivity index (χ1v) is 7.59. The average molecular weight is 281 g/mol. The zero-order chi connectivity index (χ0) is 15.3. The highest BCUT2D eigenvalue weighted by atomic mass is 16.5. The van der Waals surface area contributed by atoms with E-state index in [4.69, 9.17) is 4.74 Å². The summed E-state index contributed by atoms with van der Waals surface area (Å²) in [7, 11) is 1.98. The largest absolute Gasteiger partial charge is 0.380 e. The topological polar surface area (TPSA) is 39.1 Å². The minimum absolute atomic E-state index is 0.0749. The van der Waals surface area contributed by atoms with Gasteiger partial charge in [0, 0.05) is 43.4 Å². The number of hydrogen-bond acceptors (Lipinski definition) is 3. The third-order valence-corrected chi connectivity index (χ3v) is 3.48. The van der Waals surface area contributed by atoms with Crippen molar-refractivity contribution in [1.29, 1.82) is 0 Å². The first-order chi connectivity index (χ1) is 9.25. The molecule has 0 saturated heterocycles. The van der Waals surface area contributed by atoms with Crippen molar-refractivity contribution in [2.45, 2.75) is 59.5 Å². The van der Waals surface area contributed by atoms with Gasteiger partial charge in [0.2, 0.25) is 0 Å². The van der Waals surface area contributed by atoms with Crippen LogP contribution in [-0.2, 0) is 23.7 Å². The summed E-state index contributed by atoms with van der Waals surface area (Å²) in [5.74, 6) is 0.552. The monoisotopic (exact) mass is 281 g/mol. The van der Waals surface area contributed by atoms with Gasteiger partial charge in [0.1, 0.15) is 0 Å². The van der Waals surface area contributed by atoms with Gasteiger partial charge in [-0.2, -0.15) is 5.10 Å². The van der Waals surface area contributed by atoms with E-state index in [2.05, 4.69) is 51.2 Å². The molecule has 1 aromatic heterocycles. The van der Waals surface area contributed by atoms with Gasteiger partial charge in [0.25, 0.3) is 0 Å². The molecule has 0 radical (unpaired) electrons. The number of rotatable bonds is 7. The Hall–Kier alpha value is -0.870. The average Bonchev–Trinajstić information content (AvgIpc) is 2.70. The molecule has 1 unspecified atom stereocenters. The van der Waals surface area contributed by atoms with E-state index in [0.29, 0.717) is 12.0 Å². The number of aryl methyl sites for hydroxylation is 1. The van der Waals surface area contributed by atoms with Crippen LogP contribution < -0.4 is 5.32 Å². The fraction of sp³-hybridized carbons (Fsp3) is 0.812. The third-order valence-electron chi connectivity index (χ3n) is 3.48. The Morgan fingerprint density at radius 3 is 2.50 bits per heavy atom. The molecule has 0 fully saturated rings. The summed E-state index contributed by atoms with van der Waals surface area (Å²) in [6.07, 6.45) is 2.12. The van der Waals surface area contributed by atoms with E-state index >= 15 is 0 Å². The van der Waals surface area contributed by atoms with Gasteiger partial charge < -0.3 is 10.1 Å². The lowest BCUT2D eigenvalue weighted by Crippen LogP contribution is -2.38. The molecule has 1 atom stereocenters. The Morgan fingerprint density at radius 2 is 2.00 bits per heavy atom. The first-order valence-electron chi connectivity index (χ1n) is 7.59. The summed E-state index contributed by atoms with van der Waals surface area (Å²) >= 11 is 0. The quantitative estimate of drug-likeness (QED) is 0.835. The van der Waals surface area contributed by atoms with Crippen molar-refractivity contribution >= 4 is 0 Å². The maximum absolute atomic E-state index is 5.56. The van der Waals surface area contributed by atoms with Gasteiger partial charge in [-0.05, 0) is 12.8 Å². The van der Waals surface area contributed by atoms with E-state index in [-0.39, 0.29) is 5.41 Å². The van der Waals surface area contributed by atoms with Crippen molar-refractivity contribution in [2.24, 2.45) is 13.0 Å². The summed E-state index contributed by atoms with van der Waals surface area (Å²) in [6, 6.07) is 0.378. The zero-order valence-electron chi connectivity index (χ0n) is 14.2. The van der Waals surface area contributed by atoms with Gasteiger partial charge in [0.05, 0.1) is 12.3 Å². The molecule has 0 saturated carbocycles. The van der Waals surface area contributed by atoms with Gasteiger partial charge in [-0.15, -0.1) is 0 Å². The number of ether oxygens (including phenoxy) is 1. The molecule has 116 valence electrons. The number of aromatic nitrogens is 2. The Balaban J connectivity index is 2.73. The van der Waals surface area contributed by atoms with Crippen LogP contribution in [0.5, 0.6) is 0 Å². The van der Waals surface area contributed by atoms with Crippen molar-refractivity contribution in [2.75, 3.05) is 13.2 Å². The molecule has 1 aromatic rings. The zero-order valence-corrected chi connectivity index (χ0v) is 14.2. The summed E-state index contributed by atoms with van der Waals surface area (Å²) < 4.78 is 7.47. The minimum Gasteiger partial charge on any atom is -0.380 e. The minimum atomic E-state index is 0.0749. The number of hydrogen-bond donors (Lipinski definition) is 1. The normalized spacial score (nSPS) is 14.0. The van der Waals surface area contributed by atoms with Gasteiger partial charge in [0.15, 0.2) is 0 Å². The fourth-order valence-electron chi connectivity index (χ4n) is 2.27. The van der Waals surface area contributed by atoms with Crippen LogP contribution in [0, 0.1) is 5.92 Å². The molecule has 1 rings (SSSR count). The van der Waals surface area contributed by atoms with E-state index in [1.807, 2.05) is 18.7 Å². The second kappa shape index (κ2) is 7.23. The second-order valence-electron chi connectivity index (χ2n) is 6.82. The SMILES string of the molecule is CCOCC(NCc1cn(C)nc1C(C)(C)C)C(C)C. The van der Waals surface area contributed by atoms with Crippen LogP contribution in [0.3, 0.4) is 0 Å². The van der Waals surface area contributed by atoms with Crippen molar-refractivity contribution in [3.05, 3.63) is 17.5 Å². The molecule has 4 heteroatoms. The van der Waals surface area contributed by atoms with Crippen LogP contribution in [0.15, 0.2) is 6.20 Å². The van der Waals surface area contributed by atoms with E-state index < -0.39 is 0 Å². The molecular weight excluding hydrogens is 250 g/mol. The lowest BCUT2D eigenvalue weighted by molar-refractivity contribution is 0.108. The third kappa shape index (κ3) is 4.91. The van der Waals surface area contributed by atoms with Crippen molar-refractivity contribution in [1.82, 2.24) is 15.1 Å². The van der Waals surface area contributed by atoms with Crippen molar-refractivity contribution in [3.63, 3.8) is 0 Å². The fourth-order valence-corrected chi connectivity index (χ4v) is 2.27. The standard InChI is InChI=1S/C16H31N3O/c1-8-20-11-14(12(2)3)17-9-13-10-19(7)18-15(13)16(4,5)6/h10,12,14,17H,8-9,11H2,1-7H3. The maximum Gasteiger partial charge on any atom is 0.0722 e. The van der Waals surface area contributed by atoms with Crippen LogP contribution in [0.1, 0.15) is 52.8 Å². The van der Waals surface area contributed by atoms with Crippen LogP contribution in [0.25, 0.3) is 0 Å². The first kappa shape index (κ1) is 17.2. The second-order valence-corrected chi connectivity index (χ2v) is 6.82. The number of nitrogens with one attached hydrogen (secondary N) is 1. The summed E-state index contributed by atoms with van der Waals surface area (Å²) in [5, 5.41) is 8.23. The van der Waals surface area contributed by atoms with Gasteiger partial charge in [-0.3, -0.25) is 4.68 Å². The van der Waals surface area contributed by atoms with Crippen LogP contribution in [0.2, 0.25) is 0 Å². The summed E-state index contributed by atoms with van der Waals surface area (Å²) in [6.45, 7) is 15.5. The van der Waals surface area contributed by atoms with E-state index in [1.54, 1.807) is 0 Å². The molecule has 20 heavy (non-hydrogen) atoms. The smallest absolute Gasteiger partial charge is 0.0722 e. The molecular formula is C16H31N3O. The lowest BCUT2D eigenvalue weighted by atomic mass is 9.89. The molecule has 4 nitrogen and oxygen atoms in total. The van der Waals surface area contributed by atoms with E-state index in [9.17, 15) is 0 Å². The highest BCUT2D eigenvalue weighted by Crippen LogP contribution is 2.24. The van der Waals surface area contributed by atoms with Gasteiger partial charge in [-0.1, -0.05) is 34.6 Å². The maximum atomic E-state index is 5.56. The molecule has 0 amide bonds. The molecule has 0 aliphatic heterocycles. The summed E-state index contributed by atoms with van der Waals surface area (Å²) in [5.41, 5.74) is 2.53.